The van der Waals surface area contributed by atoms with E-state index in [1.54, 1.807) is 12.4 Å². The molecule has 1 heterocycles. The predicted molar refractivity (Wildman–Crippen MR) is 73.8 cm³/mol. The summed E-state index contributed by atoms with van der Waals surface area (Å²) in [7, 11) is 0. The van der Waals surface area contributed by atoms with Crippen LogP contribution < -0.4 is 11.1 Å². The second-order valence-electron chi connectivity index (χ2n) is 5.37. The lowest BCUT2D eigenvalue weighted by molar-refractivity contribution is 0.0876. The molecule has 0 aliphatic heterocycles. The Bertz CT molecular complexity index is 595. The van der Waals surface area contributed by atoms with Crippen molar-refractivity contribution >= 4 is 16.9 Å². The number of nitrogens with two attached hydrogens (primary N) is 1. The molecule has 1 aliphatic rings. The van der Waals surface area contributed by atoms with Gasteiger partial charge in [0.2, 0.25) is 0 Å². The highest BCUT2D eigenvalue weighted by atomic mass is 16.1. The van der Waals surface area contributed by atoms with Crippen LogP contribution in [0.15, 0.2) is 24.5 Å². The smallest absolute Gasteiger partial charge is 0.251 e. The Morgan fingerprint density at radius 1 is 1.47 bits per heavy atom. The van der Waals surface area contributed by atoms with E-state index < -0.39 is 0 Å². The molecule has 2 aromatic rings. The Morgan fingerprint density at radius 3 is 3.00 bits per heavy atom. The summed E-state index contributed by atoms with van der Waals surface area (Å²) in [6.45, 7) is 1.32. The van der Waals surface area contributed by atoms with Gasteiger partial charge in [0.25, 0.3) is 5.91 Å². The number of benzene rings is 1. The summed E-state index contributed by atoms with van der Waals surface area (Å²) in [5.41, 5.74) is 8.33. The minimum Gasteiger partial charge on any atom is -0.351 e. The molecule has 0 bridgehead atoms. The Labute approximate surface area is 111 Å². The zero-order valence-electron chi connectivity index (χ0n) is 10.8. The van der Waals surface area contributed by atoms with Crippen LogP contribution in [0, 0.1) is 5.41 Å². The standard InChI is InChI=1S/C14H18N4O/c15-7-14(4-1-5-14)8-16-13(19)10-2-3-11-12(6-10)18-9-17-11/h2-3,6,9H,1,4-5,7-8,15H2,(H,16,19)(H,17,18). The molecule has 5 heteroatoms. The van der Waals surface area contributed by atoms with Crippen LogP contribution in [0.3, 0.4) is 0 Å². The van der Waals surface area contributed by atoms with Gasteiger partial charge in [-0.25, -0.2) is 4.98 Å². The van der Waals surface area contributed by atoms with Gasteiger partial charge in [0.15, 0.2) is 0 Å². The fourth-order valence-corrected chi connectivity index (χ4v) is 2.58. The molecular formula is C14H18N4O. The summed E-state index contributed by atoms with van der Waals surface area (Å²) < 4.78 is 0. The lowest BCUT2D eigenvalue weighted by atomic mass is 9.69. The molecule has 0 atom stereocenters. The van der Waals surface area contributed by atoms with Gasteiger partial charge in [-0.15, -0.1) is 0 Å². The van der Waals surface area contributed by atoms with Crippen molar-refractivity contribution in [2.45, 2.75) is 19.3 Å². The number of fused-ring (bicyclic) bond motifs is 1. The number of carbonyl (C=O) groups is 1. The van der Waals surface area contributed by atoms with Crippen molar-refractivity contribution in [2.24, 2.45) is 11.1 Å². The van der Waals surface area contributed by atoms with Crippen LogP contribution in [0.25, 0.3) is 11.0 Å². The van der Waals surface area contributed by atoms with E-state index in [0.29, 0.717) is 18.7 Å². The number of rotatable bonds is 4. The molecule has 0 radical (unpaired) electrons. The summed E-state index contributed by atoms with van der Waals surface area (Å²) in [6, 6.07) is 5.48. The Balaban J connectivity index is 1.69. The molecule has 1 aromatic heterocycles. The van der Waals surface area contributed by atoms with Crippen LogP contribution in [-0.4, -0.2) is 29.0 Å². The van der Waals surface area contributed by atoms with Crippen LogP contribution in [-0.2, 0) is 0 Å². The first kappa shape index (κ1) is 12.2. The van der Waals surface area contributed by atoms with Crippen molar-refractivity contribution in [1.82, 2.24) is 15.3 Å². The van der Waals surface area contributed by atoms with Gasteiger partial charge in [-0.3, -0.25) is 4.79 Å². The van der Waals surface area contributed by atoms with E-state index >= 15 is 0 Å². The van der Waals surface area contributed by atoms with E-state index in [1.807, 2.05) is 12.1 Å². The lowest BCUT2D eigenvalue weighted by Gasteiger charge is -2.41. The third-order valence-corrected chi connectivity index (χ3v) is 4.15. The van der Waals surface area contributed by atoms with Crippen LogP contribution in [0.4, 0.5) is 0 Å². The van der Waals surface area contributed by atoms with Crippen molar-refractivity contribution in [3.05, 3.63) is 30.1 Å². The Kier molecular flexibility index (Phi) is 2.98. The lowest BCUT2D eigenvalue weighted by Crippen LogP contribution is -2.46. The van der Waals surface area contributed by atoms with Gasteiger partial charge in [-0.2, -0.15) is 0 Å². The summed E-state index contributed by atoms with van der Waals surface area (Å²) in [6.07, 6.45) is 5.07. The topological polar surface area (TPSA) is 83.8 Å². The summed E-state index contributed by atoms with van der Waals surface area (Å²) in [5, 5.41) is 3.00. The van der Waals surface area contributed by atoms with Crippen molar-refractivity contribution < 1.29 is 4.79 Å². The highest BCUT2D eigenvalue weighted by molar-refractivity contribution is 5.97. The maximum Gasteiger partial charge on any atom is 0.251 e. The van der Waals surface area contributed by atoms with E-state index in [0.717, 1.165) is 23.9 Å². The van der Waals surface area contributed by atoms with Crippen molar-refractivity contribution in [1.29, 1.82) is 0 Å². The number of nitrogens with one attached hydrogen (secondary N) is 2. The van der Waals surface area contributed by atoms with Gasteiger partial charge in [-0.05, 0) is 43.0 Å². The predicted octanol–water partition coefficient (Wildman–Crippen LogP) is 1.42. The molecule has 0 unspecified atom stereocenters. The van der Waals surface area contributed by atoms with Gasteiger partial charge >= 0.3 is 0 Å². The van der Waals surface area contributed by atoms with E-state index in [-0.39, 0.29) is 11.3 Å². The van der Waals surface area contributed by atoms with Gasteiger partial charge in [0.05, 0.1) is 17.4 Å². The molecular weight excluding hydrogens is 240 g/mol. The van der Waals surface area contributed by atoms with Crippen LogP contribution in [0.2, 0.25) is 0 Å². The molecule has 1 aliphatic carbocycles. The largest absolute Gasteiger partial charge is 0.351 e. The molecule has 19 heavy (non-hydrogen) atoms. The van der Waals surface area contributed by atoms with E-state index in [2.05, 4.69) is 15.3 Å². The van der Waals surface area contributed by atoms with Gasteiger partial charge in [0.1, 0.15) is 0 Å². The van der Waals surface area contributed by atoms with Crippen LogP contribution in [0.5, 0.6) is 0 Å². The van der Waals surface area contributed by atoms with Gasteiger partial charge in [0, 0.05) is 12.1 Å². The minimum absolute atomic E-state index is 0.0452. The average Bonchev–Trinajstić information content (AvgIpc) is 2.84. The SMILES string of the molecule is NCC1(CNC(=O)c2ccc3nc[nH]c3c2)CCC1. The molecule has 3 rings (SSSR count). The molecule has 1 fully saturated rings. The first-order valence-electron chi connectivity index (χ1n) is 6.64. The van der Waals surface area contributed by atoms with Crippen molar-refractivity contribution in [2.75, 3.05) is 13.1 Å². The summed E-state index contributed by atoms with van der Waals surface area (Å²) >= 11 is 0. The molecule has 4 N–H and O–H groups in total. The maximum absolute atomic E-state index is 12.1. The second kappa shape index (κ2) is 4.66. The van der Waals surface area contributed by atoms with E-state index in [9.17, 15) is 4.79 Å². The number of H-pyrrole nitrogens is 1. The normalized spacial score (nSPS) is 17.1. The molecule has 100 valence electrons. The summed E-state index contributed by atoms with van der Waals surface area (Å²) in [5.74, 6) is -0.0452. The van der Waals surface area contributed by atoms with Crippen LogP contribution in [0.1, 0.15) is 29.6 Å². The molecule has 0 saturated heterocycles. The second-order valence-corrected chi connectivity index (χ2v) is 5.37. The molecule has 1 amide bonds. The first-order valence-corrected chi connectivity index (χ1v) is 6.64. The average molecular weight is 258 g/mol. The monoisotopic (exact) mass is 258 g/mol. The molecule has 5 nitrogen and oxygen atoms in total. The Morgan fingerprint density at radius 2 is 2.32 bits per heavy atom. The maximum atomic E-state index is 12.1. The summed E-state index contributed by atoms with van der Waals surface area (Å²) in [4.78, 5) is 19.3. The number of aromatic nitrogens is 2. The number of hydrogen-bond donors (Lipinski definition) is 3. The number of carbonyl (C=O) groups excluding carboxylic acids is 1. The quantitative estimate of drug-likeness (QED) is 0.775. The van der Waals surface area contributed by atoms with Gasteiger partial charge < -0.3 is 16.0 Å². The van der Waals surface area contributed by atoms with E-state index in [1.165, 1.54) is 6.42 Å². The van der Waals surface area contributed by atoms with Crippen molar-refractivity contribution in [3.63, 3.8) is 0 Å². The number of amides is 1. The number of aromatic amines is 1. The highest BCUT2D eigenvalue weighted by Crippen LogP contribution is 2.39. The van der Waals surface area contributed by atoms with Crippen LogP contribution >= 0.6 is 0 Å². The third kappa shape index (κ3) is 2.21. The fourth-order valence-electron chi connectivity index (χ4n) is 2.58. The van der Waals surface area contributed by atoms with Crippen molar-refractivity contribution in [3.8, 4) is 0 Å². The molecule has 1 saturated carbocycles. The minimum atomic E-state index is -0.0452. The first-order chi connectivity index (χ1) is 9.22. The number of hydrogen-bond acceptors (Lipinski definition) is 3. The molecule has 1 aromatic carbocycles. The zero-order valence-corrected chi connectivity index (χ0v) is 10.8. The van der Waals surface area contributed by atoms with E-state index in [4.69, 9.17) is 5.73 Å². The zero-order chi connectivity index (χ0) is 13.3. The molecule has 0 spiro atoms. The fraction of sp³-hybridized carbons (Fsp3) is 0.429. The number of imidazole rings is 1. The Hall–Kier alpha value is -1.88. The third-order valence-electron chi connectivity index (χ3n) is 4.15. The highest BCUT2D eigenvalue weighted by Gasteiger charge is 2.35. The number of nitrogens with zero attached hydrogens (tertiary/aromatic N) is 1. The van der Waals surface area contributed by atoms with Gasteiger partial charge in [-0.1, -0.05) is 6.42 Å².